The van der Waals surface area contributed by atoms with Crippen LogP contribution in [0.5, 0.6) is 5.75 Å². The van der Waals surface area contributed by atoms with Gasteiger partial charge >= 0.3 is 0 Å². The predicted octanol–water partition coefficient (Wildman–Crippen LogP) is 1.29. The van der Waals surface area contributed by atoms with E-state index in [1.807, 2.05) is 6.07 Å². The first kappa shape index (κ1) is 13.9. The fourth-order valence-electron chi connectivity index (χ4n) is 1.17. The molecule has 1 aromatic rings. The van der Waals surface area contributed by atoms with E-state index in [2.05, 4.69) is 0 Å². The van der Waals surface area contributed by atoms with Crippen molar-refractivity contribution >= 4 is 35.2 Å². The molecule has 0 saturated heterocycles. The predicted molar refractivity (Wildman–Crippen MR) is 54.7 cm³/mol. The first-order chi connectivity index (χ1) is 6.70. The van der Waals surface area contributed by atoms with Crippen molar-refractivity contribution in [2.24, 2.45) is 0 Å². The SMILES string of the molecule is COc1cccc([N+](=O)[O-])c1CC#N.[Na]. The number of hydrogen-bond acceptors (Lipinski definition) is 4. The second kappa shape index (κ2) is 6.40. The summed E-state index contributed by atoms with van der Waals surface area (Å²) in [5.74, 6) is 0.376. The molecule has 0 aliphatic carbocycles. The Bertz CT molecular complexity index is 401. The zero-order valence-corrected chi connectivity index (χ0v) is 10.6. The monoisotopic (exact) mass is 215 g/mol. The van der Waals surface area contributed by atoms with Gasteiger partial charge in [-0.05, 0) is 6.07 Å². The standard InChI is InChI=1S/C9H8N2O3.Na/c1-14-9-4-2-3-8(11(12)13)7(9)5-6-10;/h2-4H,5H2,1H3;. The number of hydrogen-bond donors (Lipinski definition) is 0. The molecule has 1 aromatic carbocycles. The van der Waals surface area contributed by atoms with E-state index in [0.29, 0.717) is 11.3 Å². The number of nitro groups is 1. The Morgan fingerprint density at radius 1 is 1.60 bits per heavy atom. The van der Waals surface area contributed by atoms with E-state index in [9.17, 15) is 10.1 Å². The summed E-state index contributed by atoms with van der Waals surface area (Å²) in [6.45, 7) is 0. The molecule has 0 amide bonds. The van der Waals surface area contributed by atoms with Crippen molar-refractivity contribution < 1.29 is 9.66 Å². The van der Waals surface area contributed by atoms with E-state index >= 15 is 0 Å². The van der Waals surface area contributed by atoms with Gasteiger partial charge in [-0.3, -0.25) is 10.1 Å². The Balaban J connectivity index is 0.00000196. The molecule has 0 N–H and O–H groups in total. The molecule has 6 heteroatoms. The van der Waals surface area contributed by atoms with Gasteiger partial charge in [-0.1, -0.05) is 6.07 Å². The Morgan fingerprint density at radius 2 is 2.27 bits per heavy atom. The molecule has 15 heavy (non-hydrogen) atoms. The van der Waals surface area contributed by atoms with E-state index in [-0.39, 0.29) is 41.7 Å². The summed E-state index contributed by atoms with van der Waals surface area (Å²) in [5.41, 5.74) is 0.244. The molecule has 5 nitrogen and oxygen atoms in total. The van der Waals surface area contributed by atoms with Crippen molar-refractivity contribution in [3.8, 4) is 11.8 Å². The van der Waals surface area contributed by atoms with E-state index in [4.69, 9.17) is 10.00 Å². The zero-order chi connectivity index (χ0) is 10.6. The molecule has 0 spiro atoms. The third kappa shape index (κ3) is 3.20. The number of ether oxygens (including phenoxy) is 1. The first-order valence-electron chi connectivity index (χ1n) is 3.88. The van der Waals surface area contributed by atoms with Crippen LogP contribution in [0, 0.1) is 21.4 Å². The molecular formula is C9H8N2NaO3. The molecule has 0 unspecified atom stereocenters. The summed E-state index contributed by atoms with van der Waals surface area (Å²) >= 11 is 0. The van der Waals surface area contributed by atoms with Crippen LogP contribution in [-0.4, -0.2) is 41.6 Å². The van der Waals surface area contributed by atoms with Gasteiger partial charge in [0.05, 0.1) is 30.1 Å². The minimum atomic E-state index is -0.519. The molecule has 0 aromatic heterocycles. The molecule has 0 atom stereocenters. The van der Waals surface area contributed by atoms with E-state index in [1.165, 1.54) is 19.2 Å². The Labute approximate surface area is 109 Å². The molecule has 0 fully saturated rings. The first-order valence-corrected chi connectivity index (χ1v) is 3.88. The number of methoxy groups -OCH3 is 1. The van der Waals surface area contributed by atoms with Crippen LogP contribution in [0.4, 0.5) is 5.69 Å². The molecule has 0 bridgehead atoms. The summed E-state index contributed by atoms with van der Waals surface area (Å²) in [6.07, 6.45) is -0.0275. The van der Waals surface area contributed by atoms with Gasteiger partial charge in [-0.2, -0.15) is 5.26 Å². The average molecular weight is 215 g/mol. The molecule has 0 aliphatic heterocycles. The zero-order valence-electron chi connectivity index (χ0n) is 8.56. The van der Waals surface area contributed by atoms with Crippen molar-refractivity contribution in [3.05, 3.63) is 33.9 Å². The average Bonchev–Trinajstić information content (AvgIpc) is 2.18. The molecule has 1 rings (SSSR count). The minimum absolute atomic E-state index is 0. The fraction of sp³-hybridized carbons (Fsp3) is 0.222. The summed E-state index contributed by atoms with van der Waals surface area (Å²) in [5, 5.41) is 19.1. The minimum Gasteiger partial charge on any atom is -0.496 e. The van der Waals surface area contributed by atoms with Crippen molar-refractivity contribution in [3.63, 3.8) is 0 Å². The van der Waals surface area contributed by atoms with Gasteiger partial charge in [0.15, 0.2) is 0 Å². The number of nitro benzene ring substituents is 1. The molecule has 1 radical (unpaired) electrons. The van der Waals surface area contributed by atoms with Crippen LogP contribution < -0.4 is 4.74 Å². The van der Waals surface area contributed by atoms with Crippen molar-refractivity contribution in [2.75, 3.05) is 7.11 Å². The number of nitriles is 1. The van der Waals surface area contributed by atoms with Gasteiger partial charge < -0.3 is 4.74 Å². The number of rotatable bonds is 3. The maximum absolute atomic E-state index is 10.6. The van der Waals surface area contributed by atoms with Gasteiger partial charge in [-0.15, -0.1) is 0 Å². The van der Waals surface area contributed by atoms with E-state index in [0.717, 1.165) is 0 Å². The van der Waals surface area contributed by atoms with Gasteiger partial charge in [0.2, 0.25) is 0 Å². The van der Waals surface area contributed by atoms with Crippen LogP contribution in [0.15, 0.2) is 18.2 Å². The van der Waals surface area contributed by atoms with Crippen LogP contribution >= 0.6 is 0 Å². The second-order valence-corrected chi connectivity index (χ2v) is 2.55. The Morgan fingerprint density at radius 3 is 2.73 bits per heavy atom. The quantitative estimate of drug-likeness (QED) is 0.432. The summed E-state index contributed by atoms with van der Waals surface area (Å²) in [6, 6.07) is 6.35. The number of benzene rings is 1. The topological polar surface area (TPSA) is 76.2 Å². The molecule has 0 aliphatic rings. The van der Waals surface area contributed by atoms with E-state index in [1.54, 1.807) is 6.07 Å². The van der Waals surface area contributed by atoms with Gasteiger partial charge in [0.25, 0.3) is 5.69 Å². The Hall–Kier alpha value is -1.09. The van der Waals surface area contributed by atoms with Crippen molar-refractivity contribution in [1.82, 2.24) is 0 Å². The summed E-state index contributed by atoms with van der Waals surface area (Å²) < 4.78 is 4.93. The fourth-order valence-corrected chi connectivity index (χ4v) is 1.17. The smallest absolute Gasteiger partial charge is 0.277 e. The Kier molecular flexibility index (Phi) is 5.94. The van der Waals surface area contributed by atoms with Crippen LogP contribution in [0.2, 0.25) is 0 Å². The molecule has 0 heterocycles. The largest absolute Gasteiger partial charge is 0.496 e. The third-order valence-electron chi connectivity index (χ3n) is 1.78. The van der Waals surface area contributed by atoms with Crippen LogP contribution in [0.1, 0.15) is 5.56 Å². The normalized spacial score (nSPS) is 8.53. The van der Waals surface area contributed by atoms with Crippen molar-refractivity contribution in [1.29, 1.82) is 5.26 Å². The van der Waals surface area contributed by atoms with E-state index < -0.39 is 4.92 Å². The van der Waals surface area contributed by atoms with Crippen LogP contribution in [0.3, 0.4) is 0 Å². The van der Waals surface area contributed by atoms with Gasteiger partial charge in [0, 0.05) is 35.6 Å². The molecular weight excluding hydrogens is 207 g/mol. The van der Waals surface area contributed by atoms with Gasteiger partial charge in [0.1, 0.15) is 5.75 Å². The van der Waals surface area contributed by atoms with Crippen LogP contribution in [-0.2, 0) is 6.42 Å². The van der Waals surface area contributed by atoms with Gasteiger partial charge in [-0.25, -0.2) is 0 Å². The van der Waals surface area contributed by atoms with Crippen molar-refractivity contribution in [2.45, 2.75) is 6.42 Å². The molecule has 73 valence electrons. The maximum Gasteiger partial charge on any atom is 0.277 e. The molecule has 0 saturated carbocycles. The summed E-state index contributed by atoms with van der Waals surface area (Å²) in [7, 11) is 1.42. The van der Waals surface area contributed by atoms with Crippen LogP contribution in [0.25, 0.3) is 0 Å². The third-order valence-corrected chi connectivity index (χ3v) is 1.78. The number of nitrogens with zero attached hydrogens (tertiary/aromatic N) is 2. The maximum atomic E-state index is 10.6. The second-order valence-electron chi connectivity index (χ2n) is 2.55. The summed E-state index contributed by atoms with van der Waals surface area (Å²) in [4.78, 5) is 10.1.